The van der Waals surface area contributed by atoms with E-state index in [4.69, 9.17) is 0 Å². The van der Waals surface area contributed by atoms with Crippen molar-refractivity contribution in [1.29, 1.82) is 0 Å². The van der Waals surface area contributed by atoms with Crippen LogP contribution in [0, 0.1) is 0 Å². The second-order valence-corrected chi connectivity index (χ2v) is 1.95. The highest BCUT2D eigenvalue weighted by Crippen LogP contribution is 1.92. The lowest BCUT2D eigenvalue weighted by molar-refractivity contribution is 0.524. The van der Waals surface area contributed by atoms with Crippen molar-refractivity contribution in [2.45, 2.75) is 13.8 Å². The Bertz CT molecular complexity index is 26.7. The highest BCUT2D eigenvalue weighted by atomic mass is 31.0. The summed E-state index contributed by atoms with van der Waals surface area (Å²) in [5.41, 5.74) is 0. The van der Waals surface area contributed by atoms with Crippen LogP contribution in [0.3, 0.4) is 0 Å². The Balaban J connectivity index is 2.75. The largest absolute Gasteiger partial charge is 0.288 e. The molecule has 0 aromatic carbocycles. The molecule has 0 fully saturated rings. The van der Waals surface area contributed by atoms with Crippen LogP contribution in [0.5, 0.6) is 0 Å². The van der Waals surface area contributed by atoms with E-state index >= 15 is 0 Å². The van der Waals surface area contributed by atoms with E-state index in [0.29, 0.717) is 0 Å². The molecule has 0 radical (unpaired) electrons. The van der Waals surface area contributed by atoms with Gasteiger partial charge in [0.1, 0.15) is 0 Å². The zero-order valence-electron chi connectivity index (χ0n) is 4.44. The fraction of sp³-hybridized carbons (Fsp3) is 1.00. The first-order chi connectivity index (χ1) is 2.81. The molecule has 0 heterocycles. The monoisotopic (exact) mass is 105 g/mol. The van der Waals surface area contributed by atoms with Gasteiger partial charge in [-0.15, -0.1) is 0 Å². The molecule has 2 heteroatoms. The second kappa shape index (κ2) is 3.58. The average molecular weight is 105 g/mol. The SMILES string of the molecule is CCN(P)CC. The molecule has 0 aromatic heterocycles. The van der Waals surface area contributed by atoms with E-state index in [1.165, 1.54) is 0 Å². The smallest absolute Gasteiger partial charge is 0.00124 e. The molecule has 0 saturated carbocycles. The lowest BCUT2D eigenvalue weighted by Gasteiger charge is -2.06. The lowest BCUT2D eigenvalue weighted by atomic mass is 10.7. The molecule has 0 N–H and O–H groups in total. The van der Waals surface area contributed by atoms with Crippen LogP contribution < -0.4 is 0 Å². The summed E-state index contributed by atoms with van der Waals surface area (Å²) < 4.78 is 2.17. The molecule has 1 atom stereocenters. The molecule has 0 aliphatic heterocycles. The third-order valence-corrected chi connectivity index (χ3v) is 1.54. The topological polar surface area (TPSA) is 3.24 Å². The Kier molecular flexibility index (Phi) is 3.81. The van der Waals surface area contributed by atoms with Crippen molar-refractivity contribution in [2.75, 3.05) is 13.1 Å². The zero-order chi connectivity index (χ0) is 4.99. The molecular weight excluding hydrogens is 93.0 g/mol. The minimum absolute atomic E-state index is 1.13. The fourth-order valence-electron chi connectivity index (χ4n) is 0.224. The van der Waals surface area contributed by atoms with E-state index in [9.17, 15) is 0 Å². The van der Waals surface area contributed by atoms with E-state index in [2.05, 4.69) is 27.9 Å². The van der Waals surface area contributed by atoms with Crippen molar-refractivity contribution in [3.05, 3.63) is 0 Å². The van der Waals surface area contributed by atoms with Crippen molar-refractivity contribution in [3.8, 4) is 0 Å². The zero-order valence-corrected chi connectivity index (χ0v) is 5.59. The summed E-state index contributed by atoms with van der Waals surface area (Å²) in [6, 6.07) is 0. The summed E-state index contributed by atoms with van der Waals surface area (Å²) in [5, 5.41) is 0. The molecule has 1 unspecified atom stereocenters. The molecule has 6 heavy (non-hydrogen) atoms. The van der Waals surface area contributed by atoms with Crippen LogP contribution >= 0.6 is 9.39 Å². The standard InChI is InChI=1S/C4H12NP/c1-3-5(6)4-2/h3-4,6H2,1-2H3. The first-order valence-electron chi connectivity index (χ1n) is 2.30. The predicted molar refractivity (Wildman–Crippen MR) is 32.6 cm³/mol. The van der Waals surface area contributed by atoms with Crippen molar-refractivity contribution in [2.24, 2.45) is 0 Å². The Morgan fingerprint density at radius 1 is 1.33 bits per heavy atom. The molecular formula is C4H12NP. The first kappa shape index (κ1) is 6.39. The molecule has 0 bridgehead atoms. The average Bonchev–Trinajstić information content (AvgIpc) is 1.65. The number of hydrogen-bond donors (Lipinski definition) is 0. The Morgan fingerprint density at radius 3 is 1.67 bits per heavy atom. The van der Waals surface area contributed by atoms with Crippen LogP contribution in [-0.4, -0.2) is 17.8 Å². The van der Waals surface area contributed by atoms with Crippen molar-refractivity contribution >= 4 is 9.39 Å². The van der Waals surface area contributed by atoms with Crippen LogP contribution in [0.2, 0.25) is 0 Å². The summed E-state index contributed by atoms with van der Waals surface area (Å²) in [7, 11) is 2.64. The van der Waals surface area contributed by atoms with E-state index < -0.39 is 0 Å². The van der Waals surface area contributed by atoms with Crippen molar-refractivity contribution in [3.63, 3.8) is 0 Å². The van der Waals surface area contributed by atoms with Gasteiger partial charge in [-0.1, -0.05) is 23.2 Å². The third-order valence-electron chi connectivity index (χ3n) is 0.812. The summed E-state index contributed by atoms with van der Waals surface area (Å²) in [6.07, 6.45) is 0. The number of rotatable bonds is 2. The van der Waals surface area contributed by atoms with E-state index in [1.54, 1.807) is 0 Å². The molecule has 0 saturated heterocycles. The minimum Gasteiger partial charge on any atom is -0.288 e. The molecule has 38 valence electrons. The molecule has 0 aliphatic carbocycles. The van der Waals surface area contributed by atoms with Gasteiger partial charge in [0.15, 0.2) is 0 Å². The van der Waals surface area contributed by atoms with Crippen molar-refractivity contribution < 1.29 is 0 Å². The Hall–Kier alpha value is 0.390. The molecule has 0 aromatic rings. The fourth-order valence-corrected chi connectivity index (χ4v) is 0.224. The summed E-state index contributed by atoms with van der Waals surface area (Å²) in [4.78, 5) is 0. The quantitative estimate of drug-likeness (QED) is 0.475. The van der Waals surface area contributed by atoms with Gasteiger partial charge in [0.2, 0.25) is 0 Å². The van der Waals surface area contributed by atoms with E-state index in [0.717, 1.165) is 13.1 Å². The highest BCUT2D eigenvalue weighted by Gasteiger charge is 1.81. The molecule has 0 rings (SSSR count). The molecule has 0 spiro atoms. The van der Waals surface area contributed by atoms with Crippen molar-refractivity contribution in [1.82, 2.24) is 4.67 Å². The Labute approximate surface area is 42.0 Å². The maximum Gasteiger partial charge on any atom is -0.00124 e. The first-order valence-corrected chi connectivity index (χ1v) is 2.82. The van der Waals surface area contributed by atoms with E-state index in [-0.39, 0.29) is 0 Å². The van der Waals surface area contributed by atoms with Gasteiger partial charge in [0.25, 0.3) is 0 Å². The summed E-state index contributed by atoms with van der Waals surface area (Å²) in [5.74, 6) is 0. The van der Waals surface area contributed by atoms with Gasteiger partial charge in [-0.3, -0.25) is 4.67 Å². The number of hydrogen-bond acceptors (Lipinski definition) is 1. The maximum absolute atomic E-state index is 2.64. The predicted octanol–water partition coefficient (Wildman–Crippen LogP) is 1.12. The molecule has 0 amide bonds. The number of nitrogens with zero attached hydrogens (tertiary/aromatic N) is 1. The van der Waals surface area contributed by atoms with Crippen LogP contribution in [0.4, 0.5) is 0 Å². The normalized spacial score (nSPS) is 10.0. The van der Waals surface area contributed by atoms with Crippen LogP contribution in [0.1, 0.15) is 13.8 Å². The molecule has 0 aliphatic rings. The highest BCUT2D eigenvalue weighted by molar-refractivity contribution is 7.13. The second-order valence-electron chi connectivity index (χ2n) is 1.22. The maximum atomic E-state index is 2.64. The van der Waals surface area contributed by atoms with Crippen LogP contribution in [-0.2, 0) is 0 Å². The third kappa shape index (κ3) is 2.62. The van der Waals surface area contributed by atoms with Gasteiger partial charge >= 0.3 is 0 Å². The minimum atomic E-state index is 1.13. The summed E-state index contributed by atoms with van der Waals surface area (Å²) >= 11 is 0. The van der Waals surface area contributed by atoms with Gasteiger partial charge in [0, 0.05) is 0 Å². The van der Waals surface area contributed by atoms with Gasteiger partial charge in [0.05, 0.1) is 0 Å². The molecule has 1 nitrogen and oxygen atoms in total. The van der Waals surface area contributed by atoms with Gasteiger partial charge in [-0.2, -0.15) is 0 Å². The van der Waals surface area contributed by atoms with Crippen LogP contribution in [0.15, 0.2) is 0 Å². The Morgan fingerprint density at radius 2 is 1.67 bits per heavy atom. The van der Waals surface area contributed by atoms with Crippen LogP contribution in [0.25, 0.3) is 0 Å². The van der Waals surface area contributed by atoms with Gasteiger partial charge < -0.3 is 0 Å². The van der Waals surface area contributed by atoms with E-state index in [1.807, 2.05) is 0 Å². The lowest BCUT2D eigenvalue weighted by Crippen LogP contribution is -2.07. The van der Waals surface area contributed by atoms with Gasteiger partial charge in [-0.05, 0) is 13.1 Å². The summed E-state index contributed by atoms with van der Waals surface area (Å²) in [6.45, 7) is 6.52. The van der Waals surface area contributed by atoms with Gasteiger partial charge in [-0.25, -0.2) is 0 Å².